The summed E-state index contributed by atoms with van der Waals surface area (Å²) in [5, 5.41) is 5.77. The molecule has 2 heterocycles. The van der Waals surface area contributed by atoms with E-state index in [0.717, 1.165) is 5.56 Å². The van der Waals surface area contributed by atoms with Crippen molar-refractivity contribution in [3.63, 3.8) is 0 Å². The van der Waals surface area contributed by atoms with E-state index >= 15 is 0 Å². The van der Waals surface area contributed by atoms with Crippen LogP contribution < -0.4 is 10.6 Å². The predicted octanol–water partition coefficient (Wildman–Crippen LogP) is 5.03. The standard InChI is InChI=1S/C27H28ClFN4O3/c1-16-7-5-11-21(23(34)14-13-18-8-3-4-10-20(18)31-26(16)35)32-27(36)25-17(2)33(15-30-25)22-12-6-9-19(28)24(22)29/h3-4,6,8-10,12,15-16,21H,5,7,11,13-14H2,1-2H3,(H,31,35)(H,32,36)/t16-,21+/m1/s1. The van der Waals surface area contributed by atoms with Crippen molar-refractivity contribution < 1.29 is 18.8 Å². The molecule has 188 valence electrons. The summed E-state index contributed by atoms with van der Waals surface area (Å²) in [6.07, 6.45) is 3.60. The Morgan fingerprint density at radius 2 is 1.92 bits per heavy atom. The number of hydrogen-bond acceptors (Lipinski definition) is 4. The van der Waals surface area contributed by atoms with Crippen molar-refractivity contribution in [1.82, 2.24) is 14.9 Å². The second kappa shape index (κ2) is 11.0. The van der Waals surface area contributed by atoms with E-state index in [9.17, 15) is 18.8 Å². The molecular weight excluding hydrogens is 483 g/mol. The number of hydrogen-bond donors (Lipinski definition) is 2. The third-order valence-electron chi connectivity index (χ3n) is 6.60. The molecule has 0 saturated heterocycles. The summed E-state index contributed by atoms with van der Waals surface area (Å²) in [6.45, 7) is 3.51. The lowest BCUT2D eigenvalue weighted by molar-refractivity contribution is -0.121. The number of halogens is 2. The number of ketones is 1. The fourth-order valence-corrected chi connectivity index (χ4v) is 4.57. The third-order valence-corrected chi connectivity index (χ3v) is 6.89. The van der Waals surface area contributed by atoms with Crippen LogP contribution in [0.3, 0.4) is 0 Å². The molecule has 0 unspecified atom stereocenters. The van der Waals surface area contributed by atoms with Gasteiger partial charge >= 0.3 is 0 Å². The zero-order valence-corrected chi connectivity index (χ0v) is 20.9. The van der Waals surface area contributed by atoms with Crippen LogP contribution in [0.15, 0.2) is 48.8 Å². The number of para-hydroxylation sites is 1. The van der Waals surface area contributed by atoms with E-state index < -0.39 is 17.8 Å². The largest absolute Gasteiger partial charge is 0.341 e. The summed E-state index contributed by atoms with van der Waals surface area (Å²) >= 11 is 5.91. The van der Waals surface area contributed by atoms with E-state index in [-0.39, 0.29) is 40.4 Å². The summed E-state index contributed by atoms with van der Waals surface area (Å²) in [4.78, 5) is 43.1. The number of aryl methyl sites for hydroxylation is 1. The molecule has 1 aliphatic rings. The monoisotopic (exact) mass is 510 g/mol. The maximum atomic E-state index is 14.5. The number of Topliss-reactive ketones (excluding diaryl/α,β-unsaturated/α-hetero) is 1. The van der Waals surface area contributed by atoms with Crippen LogP contribution in [-0.2, 0) is 16.0 Å². The van der Waals surface area contributed by atoms with Crippen LogP contribution in [0.4, 0.5) is 10.1 Å². The fourth-order valence-electron chi connectivity index (χ4n) is 4.40. The maximum Gasteiger partial charge on any atom is 0.272 e. The van der Waals surface area contributed by atoms with E-state index in [1.54, 1.807) is 19.1 Å². The van der Waals surface area contributed by atoms with Crippen molar-refractivity contribution in [2.45, 2.75) is 52.0 Å². The molecule has 0 aliphatic carbocycles. The molecule has 0 radical (unpaired) electrons. The number of nitrogens with zero attached hydrogens (tertiary/aromatic N) is 2. The number of carbonyl (C=O) groups is 3. The van der Waals surface area contributed by atoms with Crippen LogP contribution in [0, 0.1) is 18.7 Å². The molecular formula is C27H28ClFN4O3. The number of amides is 2. The molecule has 9 heteroatoms. The zero-order valence-electron chi connectivity index (χ0n) is 20.2. The predicted molar refractivity (Wildman–Crippen MR) is 136 cm³/mol. The first kappa shape index (κ1) is 25.6. The Labute approximate surface area is 214 Å². The second-order valence-electron chi connectivity index (χ2n) is 9.09. The van der Waals surface area contributed by atoms with Gasteiger partial charge in [0, 0.05) is 18.0 Å². The highest BCUT2D eigenvalue weighted by Gasteiger charge is 2.26. The highest BCUT2D eigenvalue weighted by molar-refractivity contribution is 6.30. The minimum Gasteiger partial charge on any atom is -0.341 e. The number of carbonyl (C=O) groups excluding carboxylic acids is 3. The number of benzene rings is 2. The quantitative estimate of drug-likeness (QED) is 0.516. The number of fused-ring (bicyclic) bond motifs is 1. The number of imidazole rings is 1. The summed E-state index contributed by atoms with van der Waals surface area (Å²) in [7, 11) is 0. The molecule has 2 amide bonds. The Hall–Kier alpha value is -3.52. The van der Waals surface area contributed by atoms with Gasteiger partial charge in [-0.3, -0.25) is 19.0 Å². The SMILES string of the molecule is Cc1c(C(=O)N[C@H]2CCC[C@@H](C)C(=O)Nc3ccccc3CCC2=O)ncn1-c1cccc(Cl)c1F. The van der Waals surface area contributed by atoms with Gasteiger partial charge in [0.15, 0.2) is 11.6 Å². The van der Waals surface area contributed by atoms with Crippen LogP contribution in [0.5, 0.6) is 0 Å². The number of anilines is 1. The van der Waals surface area contributed by atoms with Gasteiger partial charge in [-0.05, 0) is 49.9 Å². The molecule has 1 aromatic heterocycles. The highest BCUT2D eigenvalue weighted by atomic mass is 35.5. The summed E-state index contributed by atoms with van der Waals surface area (Å²) < 4.78 is 16.0. The number of aromatic nitrogens is 2. The number of nitrogens with one attached hydrogen (secondary N) is 2. The Morgan fingerprint density at radius 1 is 1.14 bits per heavy atom. The van der Waals surface area contributed by atoms with Crippen molar-refractivity contribution in [2.75, 3.05) is 5.32 Å². The van der Waals surface area contributed by atoms with E-state index in [4.69, 9.17) is 11.6 Å². The summed E-state index contributed by atoms with van der Waals surface area (Å²) in [6, 6.07) is 11.3. The smallest absolute Gasteiger partial charge is 0.272 e. The Morgan fingerprint density at radius 3 is 2.72 bits per heavy atom. The molecule has 0 bridgehead atoms. The van der Waals surface area contributed by atoms with Gasteiger partial charge < -0.3 is 10.6 Å². The Kier molecular flexibility index (Phi) is 7.84. The van der Waals surface area contributed by atoms with Crippen LogP contribution in [0.1, 0.15) is 54.4 Å². The molecule has 0 saturated carbocycles. The van der Waals surface area contributed by atoms with Gasteiger partial charge in [-0.1, -0.05) is 49.2 Å². The van der Waals surface area contributed by atoms with Crippen LogP contribution >= 0.6 is 11.6 Å². The first-order valence-corrected chi connectivity index (χ1v) is 12.3. The lowest BCUT2D eigenvalue weighted by Gasteiger charge is -2.21. The fraction of sp³-hybridized carbons (Fsp3) is 0.333. The van der Waals surface area contributed by atoms with E-state index in [1.165, 1.54) is 17.0 Å². The molecule has 1 aliphatic heterocycles. The molecule has 2 atom stereocenters. The highest BCUT2D eigenvalue weighted by Crippen LogP contribution is 2.24. The lowest BCUT2D eigenvalue weighted by atomic mass is 9.94. The van der Waals surface area contributed by atoms with Crippen LogP contribution in [0.2, 0.25) is 5.02 Å². The van der Waals surface area contributed by atoms with Gasteiger partial charge in [0.2, 0.25) is 5.91 Å². The van der Waals surface area contributed by atoms with E-state index in [1.807, 2.05) is 31.2 Å². The van der Waals surface area contributed by atoms with Crippen molar-refractivity contribution in [3.05, 3.63) is 76.6 Å². The van der Waals surface area contributed by atoms with Gasteiger partial charge in [-0.2, -0.15) is 0 Å². The minimum absolute atomic E-state index is 0.0325. The van der Waals surface area contributed by atoms with E-state index in [2.05, 4.69) is 15.6 Å². The normalized spacial score (nSPS) is 19.0. The minimum atomic E-state index is -0.716. The first-order valence-electron chi connectivity index (χ1n) is 12.0. The molecule has 36 heavy (non-hydrogen) atoms. The van der Waals surface area contributed by atoms with Gasteiger partial charge in [0.05, 0.1) is 22.4 Å². The summed E-state index contributed by atoms with van der Waals surface area (Å²) in [5.41, 5.74) is 2.28. The van der Waals surface area contributed by atoms with E-state index in [0.29, 0.717) is 37.1 Å². The molecule has 7 nitrogen and oxygen atoms in total. The lowest BCUT2D eigenvalue weighted by Crippen LogP contribution is -2.41. The molecule has 0 fully saturated rings. The Balaban J connectivity index is 1.54. The third kappa shape index (κ3) is 5.49. The second-order valence-corrected chi connectivity index (χ2v) is 9.50. The topological polar surface area (TPSA) is 93.1 Å². The van der Waals surface area contributed by atoms with Gasteiger partial charge in [0.1, 0.15) is 12.0 Å². The van der Waals surface area contributed by atoms with Crippen molar-refractivity contribution in [3.8, 4) is 5.69 Å². The van der Waals surface area contributed by atoms with Crippen molar-refractivity contribution in [1.29, 1.82) is 0 Å². The molecule has 2 aromatic carbocycles. The molecule has 4 rings (SSSR count). The van der Waals surface area contributed by atoms with Crippen LogP contribution in [0.25, 0.3) is 5.69 Å². The average Bonchev–Trinajstić information content (AvgIpc) is 3.24. The molecule has 0 spiro atoms. The maximum absolute atomic E-state index is 14.5. The molecule has 3 aromatic rings. The molecule has 2 N–H and O–H groups in total. The average molecular weight is 511 g/mol. The van der Waals surface area contributed by atoms with Gasteiger partial charge in [-0.25, -0.2) is 9.37 Å². The van der Waals surface area contributed by atoms with Crippen molar-refractivity contribution >= 4 is 34.9 Å². The van der Waals surface area contributed by atoms with Gasteiger partial charge in [0.25, 0.3) is 5.91 Å². The Bertz CT molecular complexity index is 1310. The van der Waals surface area contributed by atoms with Crippen molar-refractivity contribution in [2.24, 2.45) is 5.92 Å². The van der Waals surface area contributed by atoms with Gasteiger partial charge in [-0.15, -0.1) is 0 Å². The van der Waals surface area contributed by atoms with Crippen LogP contribution in [-0.4, -0.2) is 33.2 Å². The number of rotatable bonds is 3. The zero-order chi connectivity index (χ0) is 25.8. The first-order chi connectivity index (χ1) is 17.3. The summed E-state index contributed by atoms with van der Waals surface area (Å²) in [5.74, 6) is -1.51.